The number of hydrogen-bond donors (Lipinski definition) is 2. The van der Waals surface area contributed by atoms with Gasteiger partial charge in [0, 0.05) is 19.6 Å². The van der Waals surface area contributed by atoms with Crippen LogP contribution in [-0.4, -0.2) is 24.7 Å². The number of rotatable bonds is 3. The fourth-order valence-electron chi connectivity index (χ4n) is 3.30. The molecule has 0 bridgehead atoms. The summed E-state index contributed by atoms with van der Waals surface area (Å²) in [6.45, 7) is -0.00628. The van der Waals surface area contributed by atoms with Crippen LogP contribution >= 0.6 is 23.2 Å². The van der Waals surface area contributed by atoms with Gasteiger partial charge < -0.3 is 10.4 Å². The Labute approximate surface area is 129 Å². The molecule has 2 N–H and O–H groups in total. The maximum absolute atomic E-state index is 12.6. The molecule has 5 heteroatoms. The number of benzene rings is 1. The summed E-state index contributed by atoms with van der Waals surface area (Å²) in [4.78, 5) is 12.6. The lowest BCUT2D eigenvalue weighted by molar-refractivity contribution is -0.130. The van der Waals surface area contributed by atoms with E-state index in [1.54, 1.807) is 19.2 Å². The molecule has 0 saturated heterocycles. The molecule has 3 nitrogen and oxygen atoms in total. The number of hydrogen-bond acceptors (Lipinski definition) is 2. The van der Waals surface area contributed by atoms with Crippen molar-refractivity contribution in [2.24, 2.45) is 5.92 Å². The van der Waals surface area contributed by atoms with Gasteiger partial charge in [-0.3, -0.25) is 4.79 Å². The lowest BCUT2D eigenvalue weighted by Crippen LogP contribution is -2.51. The number of aliphatic hydroxyl groups is 1. The van der Waals surface area contributed by atoms with E-state index in [9.17, 15) is 9.90 Å². The van der Waals surface area contributed by atoms with E-state index in [0.717, 1.165) is 31.2 Å². The van der Waals surface area contributed by atoms with Crippen molar-refractivity contribution in [3.05, 3.63) is 33.8 Å². The van der Waals surface area contributed by atoms with Crippen molar-refractivity contribution in [1.82, 2.24) is 5.32 Å². The summed E-state index contributed by atoms with van der Waals surface area (Å²) in [7, 11) is 1.63. The monoisotopic (exact) mass is 315 g/mol. The average Bonchev–Trinajstić information content (AvgIpc) is 2.48. The van der Waals surface area contributed by atoms with Crippen LogP contribution in [-0.2, 0) is 10.2 Å². The van der Waals surface area contributed by atoms with Gasteiger partial charge in [0.2, 0.25) is 5.91 Å². The lowest BCUT2D eigenvalue weighted by Gasteiger charge is -2.42. The number of halogens is 2. The number of carbonyl (C=O) groups is 1. The van der Waals surface area contributed by atoms with Crippen molar-refractivity contribution in [3.8, 4) is 0 Å². The highest BCUT2D eigenvalue weighted by molar-refractivity contribution is 6.42. The minimum atomic E-state index is -0.712. The molecule has 0 spiro atoms. The molecule has 0 radical (unpaired) electrons. The van der Waals surface area contributed by atoms with Gasteiger partial charge in [-0.05, 0) is 30.5 Å². The third kappa shape index (κ3) is 2.54. The van der Waals surface area contributed by atoms with E-state index in [0.29, 0.717) is 10.0 Å². The molecule has 1 aromatic rings. The first kappa shape index (κ1) is 15.6. The van der Waals surface area contributed by atoms with Crippen LogP contribution in [0.1, 0.15) is 31.2 Å². The lowest BCUT2D eigenvalue weighted by atomic mass is 9.62. The molecule has 1 amide bonds. The molecule has 1 aliphatic rings. The van der Waals surface area contributed by atoms with Crippen molar-refractivity contribution in [3.63, 3.8) is 0 Å². The standard InChI is InChI=1S/C15H19Cl2NO2/c1-18-14(20)15(7-3-2-4-11(15)9-19)10-5-6-12(16)13(17)8-10/h5-6,8,11,19H,2-4,7,9H2,1H3,(H,18,20)/t11-,15+/m0/s1. The highest BCUT2D eigenvalue weighted by Crippen LogP contribution is 2.45. The predicted molar refractivity (Wildman–Crippen MR) is 81.3 cm³/mol. The number of amides is 1. The normalized spacial score (nSPS) is 26.3. The van der Waals surface area contributed by atoms with Crippen LogP contribution in [0.5, 0.6) is 0 Å². The Morgan fingerprint density at radius 2 is 2.15 bits per heavy atom. The molecule has 1 aromatic carbocycles. The molecule has 0 aliphatic heterocycles. The van der Waals surface area contributed by atoms with Crippen LogP contribution in [0.4, 0.5) is 0 Å². The van der Waals surface area contributed by atoms with E-state index >= 15 is 0 Å². The van der Waals surface area contributed by atoms with Crippen LogP contribution in [0.25, 0.3) is 0 Å². The number of carbonyl (C=O) groups excluding carboxylic acids is 1. The zero-order chi connectivity index (χ0) is 14.8. The van der Waals surface area contributed by atoms with Gasteiger partial charge in [-0.1, -0.05) is 42.1 Å². The highest BCUT2D eigenvalue weighted by Gasteiger charge is 2.47. The first-order chi connectivity index (χ1) is 9.56. The van der Waals surface area contributed by atoms with E-state index in [1.165, 1.54) is 0 Å². The van der Waals surface area contributed by atoms with Crippen LogP contribution in [0.15, 0.2) is 18.2 Å². The minimum Gasteiger partial charge on any atom is -0.396 e. The molecule has 1 fully saturated rings. The molecule has 1 saturated carbocycles. The molecule has 0 aromatic heterocycles. The van der Waals surface area contributed by atoms with Crippen molar-refractivity contribution in [2.45, 2.75) is 31.1 Å². The van der Waals surface area contributed by atoms with Crippen LogP contribution in [0.2, 0.25) is 10.0 Å². The third-order valence-corrected chi connectivity index (χ3v) is 5.10. The second-order valence-corrected chi connectivity index (χ2v) is 6.12. The van der Waals surface area contributed by atoms with E-state index in [4.69, 9.17) is 23.2 Å². The van der Waals surface area contributed by atoms with Crippen LogP contribution in [0, 0.1) is 5.92 Å². The zero-order valence-electron chi connectivity index (χ0n) is 11.5. The van der Waals surface area contributed by atoms with E-state index in [2.05, 4.69) is 5.32 Å². The van der Waals surface area contributed by atoms with Crippen molar-refractivity contribution >= 4 is 29.1 Å². The number of likely N-dealkylation sites (N-methyl/N-ethyl adjacent to an activating group) is 1. The van der Waals surface area contributed by atoms with Crippen LogP contribution < -0.4 is 5.32 Å². The molecular weight excluding hydrogens is 297 g/mol. The van der Waals surface area contributed by atoms with Gasteiger partial charge in [0.05, 0.1) is 15.5 Å². The smallest absolute Gasteiger partial charge is 0.230 e. The third-order valence-electron chi connectivity index (χ3n) is 4.36. The van der Waals surface area contributed by atoms with Gasteiger partial charge in [0.25, 0.3) is 0 Å². The Morgan fingerprint density at radius 3 is 2.75 bits per heavy atom. The van der Waals surface area contributed by atoms with Crippen molar-refractivity contribution in [1.29, 1.82) is 0 Å². The number of nitrogens with one attached hydrogen (secondary N) is 1. The Hall–Kier alpha value is -0.770. The molecule has 0 unspecified atom stereocenters. The number of aliphatic hydroxyl groups excluding tert-OH is 1. The Morgan fingerprint density at radius 1 is 1.40 bits per heavy atom. The van der Waals surface area contributed by atoms with Crippen LogP contribution in [0.3, 0.4) is 0 Å². The Balaban J connectivity index is 2.55. The van der Waals surface area contributed by atoms with Crippen molar-refractivity contribution < 1.29 is 9.90 Å². The molecule has 20 heavy (non-hydrogen) atoms. The summed E-state index contributed by atoms with van der Waals surface area (Å²) in [6, 6.07) is 5.32. The quantitative estimate of drug-likeness (QED) is 0.900. The average molecular weight is 316 g/mol. The summed E-state index contributed by atoms with van der Waals surface area (Å²) in [5.41, 5.74) is 0.126. The molecule has 2 atom stereocenters. The van der Waals surface area contributed by atoms with E-state index in [-0.39, 0.29) is 18.4 Å². The Kier molecular flexibility index (Phi) is 4.95. The molecule has 0 heterocycles. The first-order valence-corrected chi connectivity index (χ1v) is 7.60. The summed E-state index contributed by atoms with van der Waals surface area (Å²) >= 11 is 12.1. The predicted octanol–water partition coefficient (Wildman–Crippen LogP) is 3.16. The van der Waals surface area contributed by atoms with Gasteiger partial charge >= 0.3 is 0 Å². The fraction of sp³-hybridized carbons (Fsp3) is 0.533. The summed E-state index contributed by atoms with van der Waals surface area (Å²) in [5.74, 6) is -0.150. The second-order valence-electron chi connectivity index (χ2n) is 5.30. The van der Waals surface area contributed by atoms with E-state index < -0.39 is 5.41 Å². The largest absolute Gasteiger partial charge is 0.396 e. The summed E-state index contributed by atoms with van der Waals surface area (Å²) < 4.78 is 0. The topological polar surface area (TPSA) is 49.3 Å². The maximum Gasteiger partial charge on any atom is 0.230 e. The maximum atomic E-state index is 12.6. The zero-order valence-corrected chi connectivity index (χ0v) is 13.0. The van der Waals surface area contributed by atoms with Gasteiger partial charge in [-0.25, -0.2) is 0 Å². The SMILES string of the molecule is CNC(=O)[C@@]1(c2ccc(Cl)c(Cl)c2)CCCC[C@H]1CO. The minimum absolute atomic E-state index is 0.00628. The highest BCUT2D eigenvalue weighted by atomic mass is 35.5. The van der Waals surface area contributed by atoms with Gasteiger partial charge in [0.15, 0.2) is 0 Å². The van der Waals surface area contributed by atoms with Gasteiger partial charge in [-0.15, -0.1) is 0 Å². The summed E-state index contributed by atoms with van der Waals surface area (Å²) in [6.07, 6.45) is 3.55. The molecule has 2 rings (SSSR count). The molecular formula is C15H19Cl2NO2. The second kappa shape index (κ2) is 6.33. The molecule has 1 aliphatic carbocycles. The van der Waals surface area contributed by atoms with Crippen molar-refractivity contribution in [2.75, 3.05) is 13.7 Å². The van der Waals surface area contributed by atoms with Gasteiger partial charge in [-0.2, -0.15) is 0 Å². The first-order valence-electron chi connectivity index (χ1n) is 6.85. The fourth-order valence-corrected chi connectivity index (χ4v) is 3.60. The van der Waals surface area contributed by atoms with E-state index in [1.807, 2.05) is 6.07 Å². The summed E-state index contributed by atoms with van der Waals surface area (Å²) in [5, 5.41) is 13.4. The van der Waals surface area contributed by atoms with Gasteiger partial charge in [0.1, 0.15) is 0 Å². The molecule has 110 valence electrons. The Bertz CT molecular complexity index is 507.